The van der Waals surface area contributed by atoms with Crippen molar-refractivity contribution >= 4 is 23.5 Å². The topological polar surface area (TPSA) is 92.0 Å². The summed E-state index contributed by atoms with van der Waals surface area (Å²) in [6.07, 6.45) is 0.500. The summed E-state index contributed by atoms with van der Waals surface area (Å²) in [6.45, 7) is 3.71. The number of hydrogen-bond acceptors (Lipinski definition) is 5. The molecule has 1 aromatic heterocycles. The highest BCUT2D eigenvalue weighted by Crippen LogP contribution is 2.35. The summed E-state index contributed by atoms with van der Waals surface area (Å²) < 4.78 is 19.8. The van der Waals surface area contributed by atoms with Gasteiger partial charge in [-0.25, -0.2) is 9.18 Å². The zero-order valence-corrected chi connectivity index (χ0v) is 20.9. The van der Waals surface area contributed by atoms with Crippen LogP contribution >= 0.6 is 11.6 Å². The number of benzene rings is 3. The van der Waals surface area contributed by atoms with Crippen LogP contribution in [0.5, 0.6) is 5.75 Å². The van der Waals surface area contributed by atoms with E-state index in [-0.39, 0.29) is 12.2 Å². The van der Waals surface area contributed by atoms with Crippen molar-refractivity contribution in [3.05, 3.63) is 118 Å². The lowest BCUT2D eigenvalue weighted by Gasteiger charge is -2.20. The van der Waals surface area contributed by atoms with Gasteiger partial charge in [0.05, 0.1) is 5.71 Å². The van der Waals surface area contributed by atoms with E-state index in [0.29, 0.717) is 21.9 Å². The molecule has 0 amide bonds. The Bertz CT molecular complexity index is 1470. The van der Waals surface area contributed by atoms with Crippen molar-refractivity contribution in [2.75, 3.05) is 0 Å². The summed E-state index contributed by atoms with van der Waals surface area (Å²) in [6, 6.07) is 20.8. The van der Waals surface area contributed by atoms with Crippen LogP contribution in [0.15, 0.2) is 84.1 Å². The van der Waals surface area contributed by atoms with Crippen molar-refractivity contribution in [1.82, 2.24) is 4.98 Å². The fraction of sp³-hybridized carbons (Fsp3) is 0.138. The fourth-order valence-electron chi connectivity index (χ4n) is 4.35. The highest BCUT2D eigenvalue weighted by Gasteiger charge is 2.22. The third-order valence-electron chi connectivity index (χ3n) is 6.11. The van der Waals surface area contributed by atoms with E-state index in [1.165, 1.54) is 6.07 Å². The Labute approximate surface area is 218 Å². The molecule has 4 rings (SSSR count). The molecule has 0 radical (unpaired) electrons. The number of ether oxygens (including phenoxy) is 1. The molecule has 0 aliphatic heterocycles. The maximum Gasteiger partial charge on any atom is 0.511 e. The fourth-order valence-corrected chi connectivity index (χ4v) is 4.50. The molecule has 0 bridgehead atoms. The van der Waals surface area contributed by atoms with E-state index < -0.39 is 17.9 Å². The van der Waals surface area contributed by atoms with Crippen LogP contribution in [0.4, 0.5) is 9.18 Å². The molecule has 37 heavy (non-hydrogen) atoms. The van der Waals surface area contributed by atoms with Crippen LogP contribution < -0.4 is 4.74 Å². The normalized spacial score (nSPS) is 12.3. The van der Waals surface area contributed by atoms with E-state index in [2.05, 4.69) is 10.1 Å². The smallest absolute Gasteiger partial charge is 0.449 e. The van der Waals surface area contributed by atoms with Crippen LogP contribution in [0.1, 0.15) is 40.3 Å². The number of rotatable bonds is 7. The highest BCUT2D eigenvalue weighted by molar-refractivity contribution is 6.30. The standard InChI is InChI=1S/C29H24ClFN2O4/c1-17-13-23(37-29(34)35)8-10-24(17)19-3-5-20(6-4-19)26(25-9-7-22(30)15-27(25)31)16-28(33-36)21-11-12-32-18(2)14-21/h3-15,26,36H,16H2,1-2H3,(H,34,35)/b33-28+. The summed E-state index contributed by atoms with van der Waals surface area (Å²) in [4.78, 5) is 15.0. The van der Waals surface area contributed by atoms with Crippen molar-refractivity contribution in [2.45, 2.75) is 26.2 Å². The third-order valence-corrected chi connectivity index (χ3v) is 6.35. The molecular formula is C29H24ClFN2O4. The Morgan fingerprint density at radius 3 is 2.43 bits per heavy atom. The van der Waals surface area contributed by atoms with E-state index >= 15 is 4.39 Å². The average molecular weight is 519 g/mol. The van der Waals surface area contributed by atoms with Gasteiger partial charge in [0.25, 0.3) is 0 Å². The van der Waals surface area contributed by atoms with Gasteiger partial charge in [0, 0.05) is 34.8 Å². The Hall–Kier alpha value is -4.23. The van der Waals surface area contributed by atoms with Crippen LogP contribution in [-0.4, -0.2) is 27.2 Å². The number of hydrogen-bond donors (Lipinski definition) is 2. The van der Waals surface area contributed by atoms with Crippen molar-refractivity contribution < 1.29 is 24.2 Å². The van der Waals surface area contributed by atoms with Gasteiger partial charge >= 0.3 is 6.16 Å². The predicted octanol–water partition coefficient (Wildman–Crippen LogP) is 7.62. The first-order valence-corrected chi connectivity index (χ1v) is 11.8. The molecule has 0 saturated heterocycles. The van der Waals surface area contributed by atoms with E-state index in [4.69, 9.17) is 21.4 Å². The Kier molecular flexibility index (Phi) is 7.84. The van der Waals surface area contributed by atoms with Gasteiger partial charge in [-0.05, 0) is 78.1 Å². The largest absolute Gasteiger partial charge is 0.511 e. The van der Waals surface area contributed by atoms with E-state index in [0.717, 1.165) is 27.9 Å². The van der Waals surface area contributed by atoms with Crippen molar-refractivity contribution in [3.63, 3.8) is 0 Å². The molecule has 0 saturated carbocycles. The van der Waals surface area contributed by atoms with E-state index in [1.54, 1.807) is 42.6 Å². The van der Waals surface area contributed by atoms with Crippen molar-refractivity contribution in [2.24, 2.45) is 5.16 Å². The second kappa shape index (κ2) is 11.2. The third kappa shape index (κ3) is 6.13. The van der Waals surface area contributed by atoms with Crippen LogP contribution in [0, 0.1) is 19.7 Å². The lowest BCUT2D eigenvalue weighted by Crippen LogP contribution is -2.12. The number of nitrogens with zero attached hydrogens (tertiary/aromatic N) is 2. The maximum absolute atomic E-state index is 15.1. The van der Waals surface area contributed by atoms with Gasteiger partial charge in [-0.3, -0.25) is 4.98 Å². The zero-order chi connectivity index (χ0) is 26.5. The maximum atomic E-state index is 15.1. The van der Waals surface area contributed by atoms with Gasteiger partial charge in [-0.1, -0.05) is 53.2 Å². The van der Waals surface area contributed by atoms with Gasteiger partial charge < -0.3 is 15.1 Å². The first-order valence-electron chi connectivity index (χ1n) is 11.5. The van der Waals surface area contributed by atoms with Crippen molar-refractivity contribution in [3.8, 4) is 16.9 Å². The summed E-state index contributed by atoms with van der Waals surface area (Å²) in [5.41, 5.74) is 5.77. The van der Waals surface area contributed by atoms with Crippen LogP contribution in [-0.2, 0) is 0 Å². The molecule has 0 fully saturated rings. The van der Waals surface area contributed by atoms with Crippen molar-refractivity contribution in [1.29, 1.82) is 0 Å². The van der Waals surface area contributed by atoms with Crippen LogP contribution in [0.3, 0.4) is 0 Å². The first-order chi connectivity index (χ1) is 17.7. The molecule has 8 heteroatoms. The van der Waals surface area contributed by atoms with E-state index in [1.807, 2.05) is 44.2 Å². The number of oxime groups is 1. The van der Waals surface area contributed by atoms with Crippen LogP contribution in [0.2, 0.25) is 5.02 Å². The molecule has 0 aliphatic carbocycles. The predicted molar refractivity (Wildman–Crippen MR) is 140 cm³/mol. The summed E-state index contributed by atoms with van der Waals surface area (Å²) >= 11 is 6.00. The lowest BCUT2D eigenvalue weighted by atomic mass is 9.84. The molecular weight excluding hydrogens is 495 g/mol. The number of pyridine rings is 1. The minimum absolute atomic E-state index is 0.234. The molecule has 4 aromatic rings. The Morgan fingerprint density at radius 2 is 1.81 bits per heavy atom. The number of carbonyl (C=O) groups is 1. The molecule has 0 aliphatic rings. The SMILES string of the molecule is Cc1cc(/C(CC(c2ccc(-c3ccc(OC(=O)O)cc3C)cc2)c2ccc(Cl)cc2F)=N/O)ccn1. The summed E-state index contributed by atoms with van der Waals surface area (Å²) in [5, 5.41) is 22.5. The molecule has 1 unspecified atom stereocenters. The van der Waals surface area contributed by atoms with Gasteiger partial charge in [-0.15, -0.1) is 0 Å². The number of aryl methyl sites for hydroxylation is 2. The molecule has 1 atom stereocenters. The van der Waals surface area contributed by atoms with Gasteiger partial charge in [0.15, 0.2) is 0 Å². The molecule has 0 spiro atoms. The molecule has 3 aromatic carbocycles. The van der Waals surface area contributed by atoms with Gasteiger partial charge in [0.2, 0.25) is 0 Å². The quantitative estimate of drug-likeness (QED) is 0.0863. The van der Waals surface area contributed by atoms with Crippen LogP contribution in [0.25, 0.3) is 11.1 Å². The lowest BCUT2D eigenvalue weighted by molar-refractivity contribution is 0.144. The number of halogens is 2. The number of aromatic nitrogens is 1. The second-order valence-corrected chi connectivity index (χ2v) is 9.06. The Balaban J connectivity index is 1.71. The summed E-state index contributed by atoms with van der Waals surface area (Å²) in [5.74, 6) is -0.668. The molecule has 188 valence electrons. The monoisotopic (exact) mass is 518 g/mol. The zero-order valence-electron chi connectivity index (χ0n) is 20.2. The van der Waals surface area contributed by atoms with E-state index in [9.17, 15) is 10.0 Å². The summed E-state index contributed by atoms with van der Waals surface area (Å²) in [7, 11) is 0. The average Bonchev–Trinajstić information content (AvgIpc) is 2.85. The van der Waals surface area contributed by atoms with Gasteiger partial charge in [0.1, 0.15) is 11.6 Å². The first kappa shape index (κ1) is 25.9. The molecule has 6 nitrogen and oxygen atoms in total. The Morgan fingerprint density at radius 1 is 1.05 bits per heavy atom. The number of carboxylic acid groups (broad SMARTS) is 1. The highest BCUT2D eigenvalue weighted by atomic mass is 35.5. The minimum atomic E-state index is -1.37. The van der Waals surface area contributed by atoms with Gasteiger partial charge in [-0.2, -0.15) is 0 Å². The minimum Gasteiger partial charge on any atom is -0.449 e. The second-order valence-electron chi connectivity index (χ2n) is 8.62. The molecule has 1 heterocycles. The molecule has 2 N–H and O–H groups in total.